The van der Waals surface area contributed by atoms with Gasteiger partial charge in [0.15, 0.2) is 0 Å². The Hall–Kier alpha value is -4.57. The molecule has 2 aliphatic rings. The van der Waals surface area contributed by atoms with Gasteiger partial charge in [-0.15, -0.1) is 0 Å². The molecule has 1 fully saturated rings. The van der Waals surface area contributed by atoms with E-state index in [1.807, 2.05) is 30.3 Å². The third kappa shape index (κ3) is 4.91. The molecule has 0 radical (unpaired) electrons. The summed E-state index contributed by atoms with van der Waals surface area (Å²) in [4.78, 5) is 69.8. The molecule has 0 atom stereocenters. The summed E-state index contributed by atoms with van der Waals surface area (Å²) in [7, 11) is 0. The van der Waals surface area contributed by atoms with Crippen molar-refractivity contribution in [1.82, 2.24) is 20.1 Å². The molecule has 0 aliphatic carbocycles. The molecule has 5 rings (SSSR count). The van der Waals surface area contributed by atoms with E-state index in [9.17, 15) is 24.0 Å². The van der Waals surface area contributed by atoms with Crippen LogP contribution in [0.15, 0.2) is 78.0 Å². The average molecular weight is 513 g/mol. The van der Waals surface area contributed by atoms with Crippen LogP contribution >= 0.6 is 11.8 Å². The number of benzene rings is 2. The smallest absolute Gasteiger partial charge is 0.293 e. The Morgan fingerprint density at radius 3 is 2.35 bits per heavy atom. The van der Waals surface area contributed by atoms with Gasteiger partial charge < -0.3 is 5.32 Å². The van der Waals surface area contributed by atoms with Gasteiger partial charge in [-0.25, -0.2) is 0 Å². The van der Waals surface area contributed by atoms with E-state index < -0.39 is 28.9 Å². The van der Waals surface area contributed by atoms with E-state index in [2.05, 4.69) is 10.3 Å². The molecule has 0 spiro atoms. The number of nitrogens with zero attached hydrogens (tertiary/aromatic N) is 3. The number of carbonyl (C=O) groups excluding carboxylic acids is 5. The largest absolute Gasteiger partial charge is 0.350 e. The summed E-state index contributed by atoms with van der Waals surface area (Å²) >= 11 is 0.855. The second-order valence-corrected chi connectivity index (χ2v) is 9.31. The standard InChI is InChI=1S/C27H20N4O5S/c32-23(29-12-13-30-26(35)22(37-27(30)36)14-17-4-2-1-3-5-17)19-6-7-20-21(15-19)25(34)31(24(20)33)16-18-8-10-28-11-9-18/h1-11,14-15H,12-13,16H2,(H,29,32). The molecule has 10 heteroatoms. The van der Waals surface area contributed by atoms with Crippen molar-refractivity contribution in [3.8, 4) is 0 Å². The van der Waals surface area contributed by atoms with Crippen LogP contribution in [0.25, 0.3) is 6.08 Å². The third-order valence-electron chi connectivity index (χ3n) is 5.91. The molecule has 1 N–H and O–H groups in total. The van der Waals surface area contributed by atoms with Gasteiger partial charge in [0.25, 0.3) is 28.9 Å². The minimum atomic E-state index is -0.484. The van der Waals surface area contributed by atoms with Crippen molar-refractivity contribution < 1.29 is 24.0 Å². The van der Waals surface area contributed by atoms with E-state index in [1.165, 1.54) is 18.2 Å². The molecule has 1 aromatic heterocycles. The van der Waals surface area contributed by atoms with E-state index in [0.29, 0.717) is 4.91 Å². The summed E-state index contributed by atoms with van der Waals surface area (Å²) < 4.78 is 0. The summed E-state index contributed by atoms with van der Waals surface area (Å²) in [5.74, 6) is -1.80. The van der Waals surface area contributed by atoms with Crippen molar-refractivity contribution >= 4 is 46.7 Å². The predicted octanol–water partition coefficient (Wildman–Crippen LogP) is 3.34. The van der Waals surface area contributed by atoms with Crippen LogP contribution in [0.2, 0.25) is 0 Å². The van der Waals surface area contributed by atoms with Gasteiger partial charge in [-0.2, -0.15) is 0 Å². The molecule has 2 aromatic carbocycles. The number of imide groups is 2. The summed E-state index contributed by atoms with van der Waals surface area (Å²) in [6.07, 6.45) is 4.82. The van der Waals surface area contributed by atoms with Gasteiger partial charge in [0.05, 0.1) is 22.6 Å². The van der Waals surface area contributed by atoms with E-state index in [-0.39, 0.29) is 36.3 Å². The maximum atomic E-state index is 12.9. The zero-order valence-electron chi connectivity index (χ0n) is 19.4. The second kappa shape index (κ2) is 10.2. The van der Waals surface area contributed by atoms with Crippen molar-refractivity contribution in [2.24, 2.45) is 0 Å². The number of rotatable bonds is 7. The minimum Gasteiger partial charge on any atom is -0.350 e. The Labute approximate surface area is 216 Å². The van der Waals surface area contributed by atoms with Crippen LogP contribution in [0.5, 0.6) is 0 Å². The zero-order valence-corrected chi connectivity index (χ0v) is 20.2. The van der Waals surface area contributed by atoms with E-state index in [1.54, 1.807) is 30.6 Å². The first kappa shape index (κ1) is 24.1. The Bertz CT molecular complexity index is 1460. The molecule has 1 saturated heterocycles. The number of nitrogens with one attached hydrogen (secondary N) is 1. The Morgan fingerprint density at radius 2 is 1.59 bits per heavy atom. The van der Waals surface area contributed by atoms with Crippen LogP contribution in [0.3, 0.4) is 0 Å². The van der Waals surface area contributed by atoms with Crippen LogP contribution in [0.4, 0.5) is 4.79 Å². The zero-order chi connectivity index (χ0) is 25.9. The van der Waals surface area contributed by atoms with Gasteiger partial charge in [-0.1, -0.05) is 30.3 Å². The van der Waals surface area contributed by atoms with Crippen LogP contribution < -0.4 is 5.32 Å². The molecular weight excluding hydrogens is 492 g/mol. The van der Waals surface area contributed by atoms with Crippen LogP contribution in [0.1, 0.15) is 42.2 Å². The lowest BCUT2D eigenvalue weighted by molar-refractivity contribution is -0.122. The number of amides is 5. The number of aromatic nitrogens is 1. The molecule has 2 aliphatic heterocycles. The molecule has 3 heterocycles. The van der Waals surface area contributed by atoms with Crippen LogP contribution in [-0.2, 0) is 11.3 Å². The van der Waals surface area contributed by atoms with Crippen molar-refractivity contribution in [2.45, 2.75) is 6.54 Å². The fraction of sp³-hybridized carbons (Fsp3) is 0.111. The molecule has 0 bridgehead atoms. The molecule has 0 saturated carbocycles. The van der Waals surface area contributed by atoms with Gasteiger partial charge in [-0.05, 0) is 59.3 Å². The number of hydrogen-bond acceptors (Lipinski definition) is 7. The Kier molecular flexibility index (Phi) is 6.65. The number of thioether (sulfide) groups is 1. The van der Waals surface area contributed by atoms with Gasteiger partial charge in [0, 0.05) is 31.0 Å². The van der Waals surface area contributed by atoms with Gasteiger partial charge >= 0.3 is 0 Å². The third-order valence-corrected chi connectivity index (χ3v) is 6.82. The molecule has 3 aromatic rings. The monoisotopic (exact) mass is 512 g/mol. The molecule has 0 unspecified atom stereocenters. The van der Waals surface area contributed by atoms with Gasteiger partial charge in [-0.3, -0.25) is 38.8 Å². The lowest BCUT2D eigenvalue weighted by Gasteiger charge is -2.13. The maximum Gasteiger partial charge on any atom is 0.293 e. The highest BCUT2D eigenvalue weighted by atomic mass is 32.2. The normalized spacial score (nSPS) is 16.1. The molecule has 9 nitrogen and oxygen atoms in total. The predicted molar refractivity (Wildman–Crippen MR) is 136 cm³/mol. The topological polar surface area (TPSA) is 117 Å². The van der Waals surface area contributed by atoms with Crippen molar-refractivity contribution in [3.05, 3.63) is 106 Å². The molecular formula is C27H20N4O5S. The van der Waals surface area contributed by atoms with Gasteiger partial charge in [0.2, 0.25) is 0 Å². The molecule has 5 amide bonds. The number of carbonyl (C=O) groups is 5. The van der Waals surface area contributed by atoms with Crippen molar-refractivity contribution in [2.75, 3.05) is 13.1 Å². The average Bonchev–Trinajstić information content (AvgIpc) is 3.31. The lowest BCUT2D eigenvalue weighted by atomic mass is 10.1. The first-order chi connectivity index (χ1) is 17.9. The summed E-state index contributed by atoms with van der Waals surface area (Å²) in [5, 5.41) is 2.26. The number of pyridine rings is 1. The van der Waals surface area contributed by atoms with E-state index in [0.717, 1.165) is 32.7 Å². The van der Waals surface area contributed by atoms with E-state index >= 15 is 0 Å². The first-order valence-electron chi connectivity index (χ1n) is 11.4. The first-order valence-corrected chi connectivity index (χ1v) is 12.2. The molecule has 37 heavy (non-hydrogen) atoms. The highest BCUT2D eigenvalue weighted by molar-refractivity contribution is 8.18. The maximum absolute atomic E-state index is 12.9. The van der Waals surface area contributed by atoms with Gasteiger partial charge in [0.1, 0.15) is 0 Å². The fourth-order valence-electron chi connectivity index (χ4n) is 4.02. The number of fused-ring (bicyclic) bond motifs is 1. The highest BCUT2D eigenvalue weighted by Crippen LogP contribution is 2.32. The molecule has 184 valence electrons. The van der Waals surface area contributed by atoms with Crippen molar-refractivity contribution in [1.29, 1.82) is 0 Å². The minimum absolute atomic E-state index is 0.00457. The Morgan fingerprint density at radius 1 is 0.865 bits per heavy atom. The highest BCUT2D eigenvalue weighted by Gasteiger charge is 2.36. The summed E-state index contributed by atoms with van der Waals surface area (Å²) in [6.45, 7) is 0.144. The number of hydrogen-bond donors (Lipinski definition) is 1. The van der Waals surface area contributed by atoms with Crippen molar-refractivity contribution in [3.63, 3.8) is 0 Å². The van der Waals surface area contributed by atoms with Crippen LogP contribution in [-0.4, -0.2) is 56.7 Å². The van der Waals surface area contributed by atoms with Crippen LogP contribution in [0, 0.1) is 0 Å². The quantitative estimate of drug-likeness (QED) is 0.381. The SMILES string of the molecule is O=C(NCCN1C(=O)SC(=Cc2ccccc2)C1=O)c1ccc2c(c1)C(=O)N(Cc1ccncc1)C2=O. The second-order valence-electron chi connectivity index (χ2n) is 8.31. The summed E-state index contributed by atoms with van der Waals surface area (Å²) in [5.41, 5.74) is 2.16. The van der Waals surface area contributed by atoms with E-state index in [4.69, 9.17) is 0 Å². The fourth-order valence-corrected chi connectivity index (χ4v) is 4.89. The summed E-state index contributed by atoms with van der Waals surface area (Å²) in [6, 6.07) is 17.0. The Balaban J connectivity index is 1.20. The lowest BCUT2D eigenvalue weighted by Crippen LogP contribution is -2.37.